The van der Waals surface area contributed by atoms with Gasteiger partial charge in [0.1, 0.15) is 5.82 Å². The number of carbonyl (C=O) groups is 1. The second kappa shape index (κ2) is 6.57. The highest BCUT2D eigenvalue weighted by molar-refractivity contribution is 5.88. The number of hydrogen-bond donors (Lipinski definition) is 2. The molecule has 2 aromatic rings. The number of fused-ring (bicyclic) bond motifs is 1. The van der Waals surface area contributed by atoms with Gasteiger partial charge in [-0.15, -0.1) is 0 Å². The van der Waals surface area contributed by atoms with E-state index in [0.29, 0.717) is 17.7 Å². The number of nitrogens with one attached hydrogen (secondary N) is 1. The van der Waals surface area contributed by atoms with Crippen LogP contribution in [0.4, 0.5) is 10.1 Å². The average Bonchev–Trinajstić information content (AvgIpc) is 2.95. The van der Waals surface area contributed by atoms with Gasteiger partial charge in [-0.05, 0) is 36.1 Å². The van der Waals surface area contributed by atoms with Crippen molar-refractivity contribution in [3.63, 3.8) is 0 Å². The van der Waals surface area contributed by atoms with Gasteiger partial charge >= 0.3 is 5.97 Å². The zero-order valence-corrected chi connectivity index (χ0v) is 13.7. The Balaban J connectivity index is 1.70. The summed E-state index contributed by atoms with van der Waals surface area (Å²) < 4.78 is 14.1. The molecule has 3 rings (SSSR count). The summed E-state index contributed by atoms with van der Waals surface area (Å²) in [6.45, 7) is 0.409. The lowest BCUT2D eigenvalue weighted by molar-refractivity contribution is 0.0696. The second-order valence-electron chi connectivity index (χ2n) is 6.29. The molecule has 1 aromatic heterocycles. The Morgan fingerprint density at radius 2 is 2.08 bits per heavy atom. The number of aromatic carboxylic acids is 1. The van der Waals surface area contributed by atoms with Crippen LogP contribution in [0.15, 0.2) is 30.6 Å². The van der Waals surface area contributed by atoms with Crippen molar-refractivity contribution in [3.8, 4) is 0 Å². The van der Waals surface area contributed by atoms with E-state index in [9.17, 15) is 9.18 Å². The molecule has 0 amide bonds. The Morgan fingerprint density at radius 3 is 2.79 bits per heavy atom. The topological polar surface area (TPSA) is 65.5 Å². The number of nitrogens with zero attached hydrogens (tertiary/aromatic N) is 2. The largest absolute Gasteiger partial charge is 0.478 e. The molecule has 1 heterocycles. The Bertz CT molecular complexity index is 777. The van der Waals surface area contributed by atoms with Gasteiger partial charge in [-0.3, -0.25) is 4.98 Å². The van der Waals surface area contributed by atoms with Crippen molar-refractivity contribution >= 4 is 11.7 Å². The van der Waals surface area contributed by atoms with Gasteiger partial charge in [0.05, 0.1) is 23.6 Å². The van der Waals surface area contributed by atoms with E-state index in [0.717, 1.165) is 29.7 Å². The fraction of sp³-hybridized carbons (Fsp3) is 0.333. The van der Waals surface area contributed by atoms with E-state index in [1.807, 2.05) is 25.1 Å². The van der Waals surface area contributed by atoms with Gasteiger partial charge in [0.25, 0.3) is 0 Å². The number of hydrogen-bond acceptors (Lipinski definition) is 4. The maximum Gasteiger partial charge on any atom is 0.335 e. The molecular formula is C18H20FN3O2. The first-order valence-corrected chi connectivity index (χ1v) is 7.84. The first-order chi connectivity index (χ1) is 11.5. The van der Waals surface area contributed by atoms with Crippen molar-refractivity contribution in [1.29, 1.82) is 0 Å². The van der Waals surface area contributed by atoms with Crippen LogP contribution in [0, 0.1) is 5.82 Å². The predicted molar refractivity (Wildman–Crippen MR) is 90.0 cm³/mol. The van der Waals surface area contributed by atoms with Gasteiger partial charge < -0.3 is 15.3 Å². The molecule has 1 aliphatic carbocycles. The van der Waals surface area contributed by atoms with Gasteiger partial charge in [-0.1, -0.05) is 6.07 Å². The fourth-order valence-electron chi connectivity index (χ4n) is 3.15. The van der Waals surface area contributed by atoms with Crippen LogP contribution in [0.2, 0.25) is 0 Å². The zero-order chi connectivity index (χ0) is 17.3. The van der Waals surface area contributed by atoms with Crippen LogP contribution in [-0.2, 0) is 19.4 Å². The van der Waals surface area contributed by atoms with Gasteiger partial charge in [0.15, 0.2) is 0 Å². The molecule has 1 aliphatic rings. The molecule has 1 atom stereocenters. The van der Waals surface area contributed by atoms with Crippen molar-refractivity contribution in [1.82, 2.24) is 10.3 Å². The molecule has 24 heavy (non-hydrogen) atoms. The van der Waals surface area contributed by atoms with Gasteiger partial charge in [0.2, 0.25) is 0 Å². The molecule has 0 bridgehead atoms. The average molecular weight is 329 g/mol. The molecule has 2 N–H and O–H groups in total. The summed E-state index contributed by atoms with van der Waals surface area (Å²) in [5.41, 5.74) is 3.86. The summed E-state index contributed by atoms with van der Waals surface area (Å²) in [4.78, 5) is 16.8. The fourth-order valence-corrected chi connectivity index (χ4v) is 3.15. The predicted octanol–water partition coefficient (Wildman–Crippen LogP) is 2.24. The standard InChI is InChI=1S/C18H20FN3O2/c1-22(2)17-10-20-9-16(19)15(17)8-21-14-6-11-3-4-12(18(23)24)5-13(11)7-14/h3-5,9-10,14,21H,6-8H2,1-2H3,(H,23,24). The third-order valence-electron chi connectivity index (χ3n) is 4.42. The molecular weight excluding hydrogens is 309 g/mol. The molecule has 126 valence electrons. The number of carboxylic acids is 1. The van der Waals surface area contributed by atoms with Crippen LogP contribution in [-0.4, -0.2) is 36.2 Å². The highest BCUT2D eigenvalue weighted by atomic mass is 19.1. The first kappa shape index (κ1) is 16.4. The van der Waals surface area contributed by atoms with Crippen LogP contribution in [0.5, 0.6) is 0 Å². The smallest absolute Gasteiger partial charge is 0.335 e. The van der Waals surface area contributed by atoms with Crippen molar-refractivity contribution in [2.24, 2.45) is 0 Å². The van der Waals surface area contributed by atoms with Crippen LogP contribution >= 0.6 is 0 Å². The number of benzene rings is 1. The third kappa shape index (κ3) is 3.23. The molecule has 0 fully saturated rings. The monoisotopic (exact) mass is 329 g/mol. The minimum atomic E-state index is -0.913. The van der Waals surface area contributed by atoms with Crippen LogP contribution in [0.1, 0.15) is 27.0 Å². The summed E-state index contributed by atoms with van der Waals surface area (Å²) >= 11 is 0. The Hall–Kier alpha value is -2.47. The zero-order valence-electron chi connectivity index (χ0n) is 13.7. The lowest BCUT2D eigenvalue weighted by Crippen LogP contribution is -2.30. The number of rotatable bonds is 5. The van der Waals surface area contributed by atoms with E-state index >= 15 is 0 Å². The summed E-state index contributed by atoms with van der Waals surface area (Å²) in [6.07, 6.45) is 4.45. The highest BCUT2D eigenvalue weighted by Crippen LogP contribution is 2.25. The van der Waals surface area contributed by atoms with E-state index in [-0.39, 0.29) is 11.9 Å². The summed E-state index contributed by atoms with van der Waals surface area (Å²) in [5, 5.41) is 12.5. The van der Waals surface area contributed by atoms with Crippen molar-refractivity contribution in [3.05, 3.63) is 58.7 Å². The van der Waals surface area contributed by atoms with Crippen LogP contribution in [0.25, 0.3) is 0 Å². The molecule has 6 heteroatoms. The summed E-state index contributed by atoms with van der Waals surface area (Å²) in [7, 11) is 3.72. The molecule has 0 saturated carbocycles. The summed E-state index contributed by atoms with van der Waals surface area (Å²) in [5.74, 6) is -1.24. The lowest BCUT2D eigenvalue weighted by Gasteiger charge is -2.19. The molecule has 0 saturated heterocycles. The van der Waals surface area contributed by atoms with E-state index in [2.05, 4.69) is 10.3 Å². The number of pyridine rings is 1. The minimum absolute atomic E-state index is 0.173. The number of halogens is 1. The van der Waals surface area contributed by atoms with Crippen LogP contribution in [0.3, 0.4) is 0 Å². The molecule has 5 nitrogen and oxygen atoms in total. The maximum atomic E-state index is 14.1. The van der Waals surface area contributed by atoms with E-state index < -0.39 is 5.97 Å². The molecule has 0 aliphatic heterocycles. The Morgan fingerprint density at radius 1 is 1.33 bits per heavy atom. The van der Waals surface area contributed by atoms with Crippen molar-refractivity contribution < 1.29 is 14.3 Å². The number of aromatic nitrogens is 1. The van der Waals surface area contributed by atoms with E-state index in [1.165, 1.54) is 6.20 Å². The van der Waals surface area contributed by atoms with E-state index in [4.69, 9.17) is 5.11 Å². The normalized spacial score (nSPS) is 16.0. The quantitative estimate of drug-likeness (QED) is 0.881. The van der Waals surface area contributed by atoms with Gasteiger partial charge in [0, 0.05) is 32.2 Å². The maximum absolute atomic E-state index is 14.1. The van der Waals surface area contributed by atoms with Gasteiger partial charge in [-0.25, -0.2) is 9.18 Å². The van der Waals surface area contributed by atoms with Crippen molar-refractivity contribution in [2.45, 2.75) is 25.4 Å². The third-order valence-corrected chi connectivity index (χ3v) is 4.42. The minimum Gasteiger partial charge on any atom is -0.478 e. The molecule has 0 spiro atoms. The second-order valence-corrected chi connectivity index (χ2v) is 6.29. The Labute approximate surface area is 140 Å². The molecule has 1 unspecified atom stereocenters. The SMILES string of the molecule is CN(C)c1cncc(F)c1CNC1Cc2ccc(C(=O)O)cc2C1. The molecule has 0 radical (unpaired) electrons. The van der Waals surface area contributed by atoms with Crippen LogP contribution < -0.4 is 10.2 Å². The molecule has 1 aromatic carbocycles. The Kier molecular flexibility index (Phi) is 4.49. The highest BCUT2D eigenvalue weighted by Gasteiger charge is 2.23. The van der Waals surface area contributed by atoms with Gasteiger partial charge in [-0.2, -0.15) is 0 Å². The van der Waals surface area contributed by atoms with Crippen molar-refractivity contribution in [2.75, 3.05) is 19.0 Å². The summed E-state index contributed by atoms with van der Waals surface area (Å²) in [6, 6.07) is 5.42. The first-order valence-electron chi connectivity index (χ1n) is 7.84. The number of anilines is 1. The lowest BCUT2D eigenvalue weighted by atomic mass is 10.1. The number of carboxylic acid groups (broad SMARTS) is 1. The van der Waals surface area contributed by atoms with E-state index in [1.54, 1.807) is 18.3 Å².